The maximum absolute atomic E-state index is 5.53. The number of aromatic amines is 1. The van der Waals surface area contributed by atoms with Crippen molar-refractivity contribution >= 4 is 18.4 Å². The minimum atomic E-state index is 0.387. The number of hydrogen-bond acceptors (Lipinski definition) is 5. The summed E-state index contributed by atoms with van der Waals surface area (Å²) in [6.45, 7) is 7.97. The number of nitrogens with one attached hydrogen (secondary N) is 1. The number of rotatable bonds is 6. The molecule has 0 aliphatic carbocycles. The molecular weight excluding hydrogens is 336 g/mol. The fraction of sp³-hybridized carbons (Fsp3) is 0.176. The third kappa shape index (κ3) is 3.74. The highest BCUT2D eigenvalue weighted by Crippen LogP contribution is 2.13. The van der Waals surface area contributed by atoms with Gasteiger partial charge in [-0.3, -0.25) is 0 Å². The van der Waals surface area contributed by atoms with Crippen molar-refractivity contribution in [1.82, 2.24) is 24.7 Å². The molecule has 1 N–H and O–H groups in total. The fourth-order valence-corrected chi connectivity index (χ4v) is 2.49. The van der Waals surface area contributed by atoms with E-state index in [-0.39, 0.29) is 0 Å². The van der Waals surface area contributed by atoms with Gasteiger partial charge < -0.3 is 4.74 Å². The van der Waals surface area contributed by atoms with Gasteiger partial charge >= 0.3 is 0 Å². The molecule has 3 rings (SSSR count). The van der Waals surface area contributed by atoms with E-state index in [0.29, 0.717) is 17.3 Å². The van der Waals surface area contributed by atoms with Gasteiger partial charge in [-0.2, -0.15) is 14.9 Å². The summed E-state index contributed by atoms with van der Waals surface area (Å²) in [6.07, 6.45) is 3.40. The predicted octanol–water partition coefficient (Wildman–Crippen LogP) is 3.19. The molecule has 0 spiro atoms. The first-order chi connectivity index (χ1) is 12.1. The third-order valence-electron chi connectivity index (χ3n) is 3.38. The quantitative estimate of drug-likeness (QED) is 0.419. The van der Waals surface area contributed by atoms with Crippen LogP contribution in [0.5, 0.6) is 5.75 Å². The summed E-state index contributed by atoms with van der Waals surface area (Å²) < 4.78 is 9.15. The molecule has 0 atom stereocenters. The van der Waals surface area contributed by atoms with E-state index in [1.165, 1.54) is 4.68 Å². The number of hydrogen-bond donors (Lipinski definition) is 1. The molecular formula is C17H18N6OS. The van der Waals surface area contributed by atoms with Crippen molar-refractivity contribution in [3.05, 3.63) is 64.7 Å². The van der Waals surface area contributed by atoms with E-state index in [1.54, 1.807) is 17.0 Å². The van der Waals surface area contributed by atoms with Gasteiger partial charge in [0.1, 0.15) is 12.4 Å². The lowest BCUT2D eigenvalue weighted by Crippen LogP contribution is -2.07. The third-order valence-corrected chi connectivity index (χ3v) is 3.64. The van der Waals surface area contributed by atoms with E-state index in [4.69, 9.17) is 17.0 Å². The monoisotopic (exact) mass is 354 g/mol. The summed E-state index contributed by atoms with van der Waals surface area (Å²) in [5, 5.41) is 15.8. The average Bonchev–Trinajstić information content (AvgIpc) is 3.12. The Hall–Kier alpha value is -3.00. The van der Waals surface area contributed by atoms with Crippen LogP contribution in [0.15, 0.2) is 48.1 Å². The molecule has 3 aromatic rings. The van der Waals surface area contributed by atoms with Crippen molar-refractivity contribution in [3.63, 3.8) is 0 Å². The number of ether oxygens (including phenoxy) is 1. The largest absolute Gasteiger partial charge is 0.490 e. The van der Waals surface area contributed by atoms with Crippen LogP contribution in [-0.2, 0) is 0 Å². The predicted molar refractivity (Wildman–Crippen MR) is 99.1 cm³/mol. The lowest BCUT2D eigenvalue weighted by molar-refractivity contribution is 0.363. The lowest BCUT2D eigenvalue weighted by Gasteiger charge is -2.04. The van der Waals surface area contributed by atoms with Crippen LogP contribution in [0.25, 0.3) is 5.95 Å². The van der Waals surface area contributed by atoms with E-state index >= 15 is 0 Å². The highest BCUT2D eigenvalue weighted by atomic mass is 32.1. The zero-order valence-corrected chi connectivity index (χ0v) is 14.8. The Bertz CT molecular complexity index is 981. The van der Waals surface area contributed by atoms with E-state index in [9.17, 15) is 0 Å². The second-order valence-corrected chi connectivity index (χ2v) is 5.78. The molecule has 2 aromatic heterocycles. The molecule has 7 nitrogen and oxygen atoms in total. The molecule has 0 radical (unpaired) electrons. The smallest absolute Gasteiger partial charge is 0.271 e. The first-order valence-corrected chi connectivity index (χ1v) is 8.08. The van der Waals surface area contributed by atoms with Gasteiger partial charge in [-0.1, -0.05) is 24.8 Å². The van der Waals surface area contributed by atoms with E-state index in [2.05, 4.69) is 27.0 Å². The van der Waals surface area contributed by atoms with Crippen molar-refractivity contribution in [3.8, 4) is 11.7 Å². The molecule has 0 fully saturated rings. The summed E-state index contributed by atoms with van der Waals surface area (Å²) in [7, 11) is 0. The van der Waals surface area contributed by atoms with Crippen molar-refractivity contribution in [2.75, 3.05) is 6.61 Å². The Labute approximate surface area is 150 Å². The van der Waals surface area contributed by atoms with Crippen LogP contribution in [-0.4, -0.2) is 37.5 Å². The van der Waals surface area contributed by atoms with Gasteiger partial charge in [-0.25, -0.2) is 9.78 Å². The SMILES string of the molecule is C=CCOc1cccc(/C=N\n2c(-n3nc(C)cc3C)n[nH]c2=S)c1. The normalized spacial score (nSPS) is 11.1. The number of aromatic nitrogens is 5. The number of benzene rings is 1. The molecule has 2 heterocycles. The van der Waals surface area contributed by atoms with Crippen molar-refractivity contribution in [2.45, 2.75) is 13.8 Å². The fourth-order valence-electron chi connectivity index (χ4n) is 2.32. The maximum Gasteiger partial charge on any atom is 0.271 e. The summed E-state index contributed by atoms with van der Waals surface area (Å²) in [4.78, 5) is 0. The Morgan fingerprint density at radius 3 is 2.92 bits per heavy atom. The second-order valence-electron chi connectivity index (χ2n) is 5.40. The molecule has 0 saturated heterocycles. The molecule has 0 aliphatic rings. The summed E-state index contributed by atoms with van der Waals surface area (Å²) in [5.74, 6) is 1.25. The summed E-state index contributed by atoms with van der Waals surface area (Å²) >= 11 is 5.28. The molecule has 0 aliphatic heterocycles. The van der Waals surface area contributed by atoms with Crippen LogP contribution in [0, 0.1) is 18.6 Å². The van der Waals surface area contributed by atoms with Crippen LogP contribution in [0.2, 0.25) is 0 Å². The topological polar surface area (TPSA) is 73.0 Å². The second kappa shape index (κ2) is 7.27. The van der Waals surface area contributed by atoms with Crippen LogP contribution < -0.4 is 4.74 Å². The van der Waals surface area contributed by atoms with Gasteiger partial charge in [0.15, 0.2) is 0 Å². The van der Waals surface area contributed by atoms with Crippen molar-refractivity contribution in [1.29, 1.82) is 0 Å². The Kier molecular flexibility index (Phi) is 4.90. The van der Waals surface area contributed by atoms with E-state index < -0.39 is 0 Å². The number of aryl methyl sites for hydroxylation is 2. The first kappa shape index (κ1) is 16.8. The molecule has 25 heavy (non-hydrogen) atoms. The number of nitrogens with zero attached hydrogens (tertiary/aromatic N) is 5. The highest BCUT2D eigenvalue weighted by Gasteiger charge is 2.11. The maximum atomic E-state index is 5.53. The number of H-pyrrole nitrogens is 1. The zero-order valence-electron chi connectivity index (χ0n) is 14.0. The lowest BCUT2D eigenvalue weighted by atomic mass is 10.2. The molecule has 128 valence electrons. The molecule has 8 heteroatoms. The van der Waals surface area contributed by atoms with E-state index in [1.807, 2.05) is 44.2 Å². The van der Waals surface area contributed by atoms with Crippen molar-refractivity contribution in [2.24, 2.45) is 5.10 Å². The minimum Gasteiger partial charge on any atom is -0.490 e. The van der Waals surface area contributed by atoms with Crippen LogP contribution in [0.1, 0.15) is 17.0 Å². The van der Waals surface area contributed by atoms with Crippen LogP contribution in [0.3, 0.4) is 0 Å². The Morgan fingerprint density at radius 1 is 1.36 bits per heavy atom. The van der Waals surface area contributed by atoms with Gasteiger partial charge in [0.2, 0.25) is 4.77 Å². The van der Waals surface area contributed by atoms with Gasteiger partial charge in [-0.05, 0) is 49.8 Å². The standard InChI is InChI=1S/C17H18N6OS/c1-4-8-24-15-7-5-6-14(10-15)11-18-23-16(19-20-17(23)25)22-13(3)9-12(2)21-22/h4-7,9-11H,1,8H2,2-3H3,(H,20,25)/b18-11-. The van der Waals surface area contributed by atoms with Crippen molar-refractivity contribution < 1.29 is 4.74 Å². The highest BCUT2D eigenvalue weighted by molar-refractivity contribution is 7.71. The van der Waals surface area contributed by atoms with Crippen LogP contribution >= 0.6 is 12.2 Å². The first-order valence-electron chi connectivity index (χ1n) is 7.67. The zero-order chi connectivity index (χ0) is 17.8. The summed E-state index contributed by atoms with van der Waals surface area (Å²) in [6, 6.07) is 9.56. The van der Waals surface area contributed by atoms with Gasteiger partial charge in [0.25, 0.3) is 5.95 Å². The van der Waals surface area contributed by atoms with E-state index in [0.717, 1.165) is 22.7 Å². The average molecular weight is 354 g/mol. The summed E-state index contributed by atoms with van der Waals surface area (Å²) in [5.41, 5.74) is 2.72. The van der Waals surface area contributed by atoms with Gasteiger partial charge in [-0.15, -0.1) is 5.10 Å². The molecule has 1 aromatic carbocycles. The Morgan fingerprint density at radius 2 is 2.20 bits per heavy atom. The van der Waals surface area contributed by atoms with Gasteiger partial charge in [0.05, 0.1) is 11.9 Å². The minimum absolute atomic E-state index is 0.387. The molecule has 0 saturated carbocycles. The Balaban J connectivity index is 1.92. The molecule has 0 unspecified atom stereocenters. The van der Waals surface area contributed by atoms with Crippen LogP contribution in [0.4, 0.5) is 0 Å². The molecule has 0 bridgehead atoms. The molecule has 0 amide bonds. The van der Waals surface area contributed by atoms with Gasteiger partial charge in [0, 0.05) is 5.69 Å².